The first kappa shape index (κ1) is 27.7. The van der Waals surface area contributed by atoms with Gasteiger partial charge in [0, 0.05) is 48.6 Å². The number of aromatic nitrogens is 5. The summed E-state index contributed by atoms with van der Waals surface area (Å²) in [6, 6.07) is 1.70. The first-order chi connectivity index (χ1) is 21.9. The number of fused-ring (bicyclic) bond motifs is 4. The molecule has 234 valence electrons. The molecule has 1 N–H and O–H groups in total. The molecule has 7 heterocycles. The maximum atomic E-state index is 17.1. The van der Waals surface area contributed by atoms with Gasteiger partial charge >= 0.3 is 6.01 Å². The molecule has 0 spiro atoms. The average molecular weight is 636 g/mol. The number of halogens is 3. The van der Waals surface area contributed by atoms with Crippen LogP contribution in [0.5, 0.6) is 11.9 Å². The summed E-state index contributed by atoms with van der Waals surface area (Å²) in [6.07, 6.45) is 4.41. The van der Waals surface area contributed by atoms with Gasteiger partial charge < -0.3 is 19.1 Å². The standard InChI is InChI=1S/C32H32ClF2N7O3/c1-16-8-32(9-18(34)12-41(32)11-16)15-45-31-38-28-25-29(39-31)42-5-2-6-43-13-19(42)14-44-30(25)37-27(26(28)35)24-20-10-36-40-22(20)7-21(33)23(24)17-3-4-17/h7,10,17-19H,1-6,8-9,11-15H2,(H,36,40)/t18?,19-,32+/m0/s1. The van der Waals surface area contributed by atoms with Gasteiger partial charge in [-0.15, -0.1) is 0 Å². The van der Waals surface area contributed by atoms with Crippen molar-refractivity contribution in [1.82, 2.24) is 30.0 Å². The Balaban J connectivity index is 1.23. The van der Waals surface area contributed by atoms with Crippen LogP contribution in [0.3, 0.4) is 0 Å². The Bertz CT molecular complexity index is 1880. The molecular formula is C32H32ClF2N7O3. The van der Waals surface area contributed by atoms with Gasteiger partial charge in [-0.2, -0.15) is 15.1 Å². The highest BCUT2D eigenvalue weighted by molar-refractivity contribution is 6.33. The summed E-state index contributed by atoms with van der Waals surface area (Å²) in [7, 11) is 0. The van der Waals surface area contributed by atoms with E-state index in [1.54, 1.807) is 6.20 Å². The van der Waals surface area contributed by atoms with Gasteiger partial charge in [-0.1, -0.05) is 23.8 Å². The Morgan fingerprint density at radius 1 is 1.22 bits per heavy atom. The summed E-state index contributed by atoms with van der Waals surface area (Å²) in [5.41, 5.74) is 2.82. The molecule has 0 amide bonds. The number of benzene rings is 1. The summed E-state index contributed by atoms with van der Waals surface area (Å²) in [6.45, 7) is 7.26. The summed E-state index contributed by atoms with van der Waals surface area (Å²) in [4.78, 5) is 18.6. The zero-order valence-corrected chi connectivity index (χ0v) is 25.4. The monoisotopic (exact) mass is 635 g/mol. The quantitative estimate of drug-likeness (QED) is 0.291. The predicted molar refractivity (Wildman–Crippen MR) is 164 cm³/mol. The zero-order valence-electron chi connectivity index (χ0n) is 24.6. The SMILES string of the molecule is C=C1CN2CC(F)C[C@@]2(COc2nc3c4c(nc(-c5c(C6CC6)c(Cl)cc6[nH]ncc56)c(F)c4n2)OC[C@@H]2COCCCN32)C1. The van der Waals surface area contributed by atoms with Crippen LogP contribution in [0.4, 0.5) is 14.6 Å². The van der Waals surface area contributed by atoms with Crippen molar-refractivity contribution in [2.24, 2.45) is 0 Å². The van der Waals surface area contributed by atoms with Crippen LogP contribution in [-0.4, -0.2) is 93.9 Å². The Hall–Kier alpha value is -3.61. The molecule has 4 aromatic rings. The second-order valence-electron chi connectivity index (χ2n) is 13.1. The van der Waals surface area contributed by atoms with Crippen molar-refractivity contribution in [3.63, 3.8) is 0 Å². The largest absolute Gasteiger partial charge is 0.475 e. The topological polar surface area (TPSA) is 102 Å². The van der Waals surface area contributed by atoms with Gasteiger partial charge in [0.25, 0.3) is 0 Å². The van der Waals surface area contributed by atoms with Crippen LogP contribution in [0.15, 0.2) is 24.4 Å². The van der Waals surface area contributed by atoms with Gasteiger partial charge in [0.2, 0.25) is 5.88 Å². The number of alkyl halides is 1. The summed E-state index contributed by atoms with van der Waals surface area (Å²) >= 11 is 6.82. The molecule has 1 saturated carbocycles. The van der Waals surface area contributed by atoms with Crippen molar-refractivity contribution in [2.75, 3.05) is 51.0 Å². The average Bonchev–Trinajstić information content (AvgIpc) is 3.67. The lowest BCUT2D eigenvalue weighted by Gasteiger charge is -2.31. The molecule has 45 heavy (non-hydrogen) atoms. The van der Waals surface area contributed by atoms with Crippen LogP contribution in [-0.2, 0) is 4.74 Å². The first-order valence-electron chi connectivity index (χ1n) is 15.6. The van der Waals surface area contributed by atoms with Gasteiger partial charge in [-0.25, -0.2) is 13.8 Å². The second-order valence-corrected chi connectivity index (χ2v) is 13.5. The van der Waals surface area contributed by atoms with E-state index in [9.17, 15) is 4.39 Å². The smallest absolute Gasteiger partial charge is 0.319 e. The summed E-state index contributed by atoms with van der Waals surface area (Å²) in [5, 5.41) is 8.86. The number of rotatable bonds is 5. The summed E-state index contributed by atoms with van der Waals surface area (Å²) < 4.78 is 50.2. The third kappa shape index (κ3) is 4.39. The van der Waals surface area contributed by atoms with Crippen molar-refractivity contribution in [2.45, 2.75) is 55.8 Å². The van der Waals surface area contributed by atoms with E-state index in [1.807, 2.05) is 6.07 Å². The maximum absolute atomic E-state index is 17.1. The highest BCUT2D eigenvalue weighted by atomic mass is 35.5. The van der Waals surface area contributed by atoms with Crippen molar-refractivity contribution < 1.29 is 23.0 Å². The van der Waals surface area contributed by atoms with Gasteiger partial charge in [0.15, 0.2) is 5.82 Å². The third-order valence-electron chi connectivity index (χ3n) is 9.95. The molecule has 1 aliphatic carbocycles. The molecule has 5 aliphatic rings. The van der Waals surface area contributed by atoms with Gasteiger partial charge in [0.1, 0.15) is 41.8 Å². The van der Waals surface area contributed by atoms with Crippen LogP contribution in [0.2, 0.25) is 5.02 Å². The minimum atomic E-state index is -0.939. The van der Waals surface area contributed by atoms with Gasteiger partial charge in [-0.3, -0.25) is 10.00 Å². The molecule has 0 radical (unpaired) electrons. The van der Waals surface area contributed by atoms with Crippen LogP contribution in [0.1, 0.15) is 43.6 Å². The van der Waals surface area contributed by atoms with Crippen LogP contribution in [0.25, 0.3) is 33.1 Å². The lowest BCUT2D eigenvalue weighted by atomic mass is 9.93. The molecule has 1 unspecified atom stereocenters. The van der Waals surface area contributed by atoms with Crippen molar-refractivity contribution in [3.05, 3.63) is 40.8 Å². The van der Waals surface area contributed by atoms with Crippen LogP contribution in [0, 0.1) is 5.82 Å². The number of anilines is 1. The number of pyridine rings is 1. The molecule has 4 fully saturated rings. The van der Waals surface area contributed by atoms with Crippen LogP contribution >= 0.6 is 11.6 Å². The normalized spacial score (nSPS) is 26.6. The molecule has 4 aliphatic heterocycles. The lowest BCUT2D eigenvalue weighted by Crippen LogP contribution is -2.43. The van der Waals surface area contributed by atoms with E-state index in [4.69, 9.17) is 35.8 Å². The Labute approximate surface area is 262 Å². The Morgan fingerprint density at radius 3 is 2.98 bits per heavy atom. The Kier molecular flexibility index (Phi) is 6.27. The minimum Gasteiger partial charge on any atom is -0.475 e. The van der Waals surface area contributed by atoms with E-state index < -0.39 is 17.5 Å². The molecule has 3 saturated heterocycles. The number of nitrogens with one attached hydrogen (secondary N) is 1. The minimum absolute atomic E-state index is 0.0291. The molecule has 10 nitrogen and oxygen atoms in total. The van der Waals surface area contributed by atoms with E-state index in [1.165, 1.54) is 0 Å². The predicted octanol–water partition coefficient (Wildman–Crippen LogP) is 5.35. The fraction of sp³-hybridized carbons (Fsp3) is 0.500. The number of nitrogens with zero attached hydrogens (tertiary/aromatic N) is 6. The number of hydrogen-bond acceptors (Lipinski definition) is 9. The van der Waals surface area contributed by atoms with Gasteiger partial charge in [-0.05, 0) is 43.2 Å². The first-order valence-corrected chi connectivity index (χ1v) is 16.0. The molecule has 1 aromatic carbocycles. The molecular weight excluding hydrogens is 604 g/mol. The van der Waals surface area contributed by atoms with Crippen LogP contribution < -0.4 is 14.4 Å². The maximum Gasteiger partial charge on any atom is 0.319 e. The lowest BCUT2D eigenvalue weighted by molar-refractivity contribution is 0.107. The van der Waals surface area contributed by atoms with E-state index in [0.29, 0.717) is 73.0 Å². The van der Waals surface area contributed by atoms with Crippen molar-refractivity contribution in [3.8, 4) is 23.1 Å². The molecule has 3 atom stereocenters. The van der Waals surface area contributed by atoms with E-state index >= 15 is 4.39 Å². The molecule has 13 heteroatoms. The third-order valence-corrected chi connectivity index (χ3v) is 10.3. The van der Waals surface area contributed by atoms with E-state index in [0.717, 1.165) is 35.8 Å². The fourth-order valence-electron chi connectivity index (χ4n) is 7.81. The number of hydrogen-bond donors (Lipinski definition) is 1. The highest BCUT2D eigenvalue weighted by Crippen LogP contribution is 2.51. The van der Waals surface area contributed by atoms with E-state index in [2.05, 4.69) is 31.6 Å². The number of H-pyrrole nitrogens is 1. The van der Waals surface area contributed by atoms with Crippen molar-refractivity contribution >= 4 is 39.2 Å². The van der Waals surface area contributed by atoms with Crippen molar-refractivity contribution in [1.29, 1.82) is 0 Å². The van der Waals surface area contributed by atoms with E-state index in [-0.39, 0.29) is 48.3 Å². The second kappa shape index (κ2) is 10.2. The zero-order chi connectivity index (χ0) is 30.4. The Morgan fingerprint density at radius 2 is 2.11 bits per heavy atom. The molecule has 3 aromatic heterocycles. The highest BCUT2D eigenvalue weighted by Gasteiger charge is 2.51. The summed E-state index contributed by atoms with van der Waals surface area (Å²) in [5.74, 6) is 0.341. The molecule has 0 bridgehead atoms. The number of aromatic amines is 1. The molecule has 9 rings (SSSR count). The fourth-order valence-corrected chi connectivity index (χ4v) is 8.17. The number of ether oxygens (including phenoxy) is 3. The van der Waals surface area contributed by atoms with Gasteiger partial charge in [0.05, 0.1) is 29.9 Å².